The van der Waals surface area contributed by atoms with Gasteiger partial charge in [-0.15, -0.1) is 0 Å². The lowest BCUT2D eigenvalue weighted by Gasteiger charge is -1.87. The predicted octanol–water partition coefficient (Wildman–Crippen LogP) is 0.573. The number of rotatable bonds is 2. The summed E-state index contributed by atoms with van der Waals surface area (Å²) in [5, 5.41) is 0. The molecule has 0 radical (unpaired) electrons. The summed E-state index contributed by atoms with van der Waals surface area (Å²) in [5.41, 5.74) is 6.37. The summed E-state index contributed by atoms with van der Waals surface area (Å²) in [6.45, 7) is 0.656. The Kier molecular flexibility index (Phi) is 2.02. The molecule has 0 fully saturated rings. The fraction of sp³-hybridized carbons (Fsp3) is 0.400. The third-order valence-corrected chi connectivity index (χ3v) is 1.29. The van der Waals surface area contributed by atoms with Crippen molar-refractivity contribution in [3.05, 3.63) is 16.7 Å². The molecule has 0 atom stereocenters. The Balaban J connectivity index is 2.73. The maximum Gasteiger partial charge on any atom is 0.174 e. The van der Waals surface area contributed by atoms with Gasteiger partial charge in [0.05, 0.1) is 0 Å². The number of hydrogen-bond donors (Lipinski definition) is 3. The van der Waals surface area contributed by atoms with Crippen molar-refractivity contribution < 1.29 is 0 Å². The van der Waals surface area contributed by atoms with Crippen LogP contribution >= 0.6 is 12.2 Å². The van der Waals surface area contributed by atoms with Crippen LogP contribution in [-0.4, -0.2) is 16.5 Å². The van der Waals surface area contributed by atoms with E-state index in [4.69, 9.17) is 18.0 Å². The van der Waals surface area contributed by atoms with Gasteiger partial charge >= 0.3 is 0 Å². The summed E-state index contributed by atoms with van der Waals surface area (Å²) in [4.78, 5) is 5.81. The van der Waals surface area contributed by atoms with Crippen molar-refractivity contribution in [3.8, 4) is 0 Å². The molecule has 50 valence electrons. The summed E-state index contributed by atoms with van der Waals surface area (Å²) >= 11 is 4.80. The van der Waals surface area contributed by atoms with E-state index in [9.17, 15) is 0 Å². The first-order valence-electron chi connectivity index (χ1n) is 2.79. The zero-order valence-electron chi connectivity index (χ0n) is 4.98. The maximum atomic E-state index is 5.30. The molecule has 0 aromatic carbocycles. The topological polar surface area (TPSA) is 57.6 Å². The molecule has 0 aliphatic rings. The Morgan fingerprint density at radius 2 is 2.44 bits per heavy atom. The molecule has 0 amide bonds. The minimum atomic E-state index is 0.656. The van der Waals surface area contributed by atoms with Crippen LogP contribution in [0.3, 0.4) is 0 Å². The third kappa shape index (κ3) is 1.65. The summed E-state index contributed by atoms with van der Waals surface area (Å²) in [7, 11) is 0. The van der Waals surface area contributed by atoms with Crippen LogP contribution in [0.2, 0.25) is 0 Å². The predicted molar refractivity (Wildman–Crippen MR) is 38.7 cm³/mol. The van der Waals surface area contributed by atoms with Crippen LogP contribution in [0.5, 0.6) is 0 Å². The minimum Gasteiger partial charge on any atom is -0.337 e. The molecule has 0 saturated heterocycles. The molecule has 1 aromatic heterocycles. The van der Waals surface area contributed by atoms with Gasteiger partial charge in [-0.3, -0.25) is 0 Å². The fourth-order valence-corrected chi connectivity index (χ4v) is 0.851. The smallest absolute Gasteiger partial charge is 0.174 e. The molecule has 1 rings (SSSR count). The molecule has 0 spiro atoms. The highest BCUT2D eigenvalue weighted by Gasteiger charge is 1.88. The lowest BCUT2D eigenvalue weighted by Crippen LogP contribution is -2.02. The Morgan fingerprint density at radius 1 is 1.67 bits per heavy atom. The van der Waals surface area contributed by atoms with Gasteiger partial charge in [0.25, 0.3) is 0 Å². The second-order valence-electron chi connectivity index (χ2n) is 1.81. The lowest BCUT2D eigenvalue weighted by molar-refractivity contribution is 0.933. The number of hydrogen-bond acceptors (Lipinski definition) is 2. The van der Waals surface area contributed by atoms with Crippen molar-refractivity contribution in [2.45, 2.75) is 6.42 Å². The van der Waals surface area contributed by atoms with Gasteiger partial charge in [0.15, 0.2) is 4.77 Å². The third-order valence-electron chi connectivity index (χ3n) is 1.07. The molecule has 0 unspecified atom stereocenters. The van der Waals surface area contributed by atoms with Crippen molar-refractivity contribution in [1.82, 2.24) is 9.97 Å². The summed E-state index contributed by atoms with van der Waals surface area (Å²) in [6, 6.07) is 0. The van der Waals surface area contributed by atoms with Crippen molar-refractivity contribution in [2.24, 2.45) is 5.73 Å². The summed E-state index contributed by atoms with van der Waals surface area (Å²) < 4.78 is 0.665. The summed E-state index contributed by atoms with van der Waals surface area (Å²) in [6.07, 6.45) is 2.70. The Morgan fingerprint density at radius 3 is 2.89 bits per heavy atom. The molecular formula is C5H9N3S. The highest BCUT2D eigenvalue weighted by atomic mass is 32.1. The molecule has 0 bridgehead atoms. The average Bonchev–Trinajstić information content (AvgIpc) is 2.17. The van der Waals surface area contributed by atoms with Gasteiger partial charge in [0.2, 0.25) is 0 Å². The second-order valence-corrected chi connectivity index (χ2v) is 2.21. The van der Waals surface area contributed by atoms with Crippen LogP contribution in [0.4, 0.5) is 0 Å². The monoisotopic (exact) mass is 143 g/mol. The quantitative estimate of drug-likeness (QED) is 0.530. The average molecular weight is 143 g/mol. The van der Waals surface area contributed by atoms with Crippen LogP contribution in [0.1, 0.15) is 5.69 Å². The van der Waals surface area contributed by atoms with Crippen LogP contribution < -0.4 is 5.73 Å². The molecule has 4 N–H and O–H groups in total. The van der Waals surface area contributed by atoms with E-state index in [0.717, 1.165) is 12.1 Å². The first-order valence-corrected chi connectivity index (χ1v) is 3.20. The van der Waals surface area contributed by atoms with Crippen LogP contribution in [0.15, 0.2) is 6.20 Å². The molecule has 1 heterocycles. The van der Waals surface area contributed by atoms with Gasteiger partial charge in [-0.1, -0.05) is 0 Å². The Labute approximate surface area is 58.3 Å². The summed E-state index contributed by atoms with van der Waals surface area (Å²) in [5.74, 6) is 0. The Hall–Kier alpha value is -0.610. The van der Waals surface area contributed by atoms with Crippen LogP contribution in [0.25, 0.3) is 0 Å². The molecule has 4 heteroatoms. The highest BCUT2D eigenvalue weighted by Crippen LogP contribution is 1.91. The molecule has 0 saturated carbocycles. The molecule has 3 nitrogen and oxygen atoms in total. The van der Waals surface area contributed by atoms with Crippen LogP contribution in [-0.2, 0) is 6.42 Å². The molecule has 1 aromatic rings. The standard InChI is InChI=1S/C5H9N3S/c6-2-1-4-3-7-5(9)8-4/h3H,1-2,6H2,(H2,7,8,9). The van der Waals surface area contributed by atoms with Gasteiger partial charge < -0.3 is 15.7 Å². The van der Waals surface area contributed by atoms with E-state index in [0.29, 0.717) is 11.3 Å². The number of H-pyrrole nitrogens is 2. The van der Waals surface area contributed by atoms with E-state index in [2.05, 4.69) is 9.97 Å². The van der Waals surface area contributed by atoms with Gasteiger partial charge in [-0.25, -0.2) is 0 Å². The fourth-order valence-electron chi connectivity index (χ4n) is 0.661. The van der Waals surface area contributed by atoms with Gasteiger partial charge in [-0.05, 0) is 18.8 Å². The van der Waals surface area contributed by atoms with Crippen molar-refractivity contribution in [3.63, 3.8) is 0 Å². The zero-order chi connectivity index (χ0) is 6.69. The number of imidazole rings is 1. The largest absolute Gasteiger partial charge is 0.337 e. The van der Waals surface area contributed by atoms with E-state index >= 15 is 0 Å². The molecule has 9 heavy (non-hydrogen) atoms. The van der Waals surface area contributed by atoms with E-state index in [-0.39, 0.29) is 0 Å². The Bertz CT molecular complexity index is 224. The van der Waals surface area contributed by atoms with Crippen molar-refractivity contribution >= 4 is 12.2 Å². The van der Waals surface area contributed by atoms with Crippen molar-refractivity contribution in [1.29, 1.82) is 0 Å². The number of nitrogens with one attached hydrogen (secondary N) is 2. The normalized spacial score (nSPS) is 9.89. The number of aromatic amines is 2. The minimum absolute atomic E-state index is 0.656. The maximum absolute atomic E-state index is 5.30. The van der Waals surface area contributed by atoms with Crippen molar-refractivity contribution in [2.75, 3.05) is 6.54 Å². The second kappa shape index (κ2) is 2.80. The van der Waals surface area contributed by atoms with Gasteiger partial charge in [-0.2, -0.15) is 0 Å². The SMILES string of the molecule is NCCc1c[nH]c(=S)[nH]1. The number of aromatic nitrogens is 2. The molecule has 0 aliphatic heterocycles. The van der Waals surface area contributed by atoms with E-state index < -0.39 is 0 Å². The van der Waals surface area contributed by atoms with Crippen LogP contribution in [0, 0.1) is 4.77 Å². The first-order chi connectivity index (χ1) is 4.33. The van der Waals surface area contributed by atoms with Gasteiger partial charge in [0, 0.05) is 18.3 Å². The lowest BCUT2D eigenvalue weighted by atomic mass is 10.3. The van der Waals surface area contributed by atoms with E-state index in [1.807, 2.05) is 6.20 Å². The van der Waals surface area contributed by atoms with Gasteiger partial charge in [0.1, 0.15) is 0 Å². The highest BCUT2D eigenvalue weighted by molar-refractivity contribution is 7.71. The molecule has 0 aliphatic carbocycles. The van der Waals surface area contributed by atoms with E-state index in [1.54, 1.807) is 0 Å². The zero-order valence-corrected chi connectivity index (χ0v) is 5.79. The first kappa shape index (κ1) is 6.51. The number of nitrogens with two attached hydrogens (primary N) is 1. The molecular weight excluding hydrogens is 134 g/mol. The van der Waals surface area contributed by atoms with E-state index in [1.165, 1.54) is 0 Å².